The summed E-state index contributed by atoms with van der Waals surface area (Å²) in [4.78, 5) is 5.18. The monoisotopic (exact) mass is 956 g/mol. The van der Waals surface area contributed by atoms with Gasteiger partial charge >= 0.3 is 0 Å². The summed E-state index contributed by atoms with van der Waals surface area (Å²) < 4.78 is 4.95. The van der Waals surface area contributed by atoms with Crippen molar-refractivity contribution in [3.8, 4) is 5.69 Å². The molecule has 360 valence electrons. The molecule has 4 atom stereocenters. The van der Waals surface area contributed by atoms with E-state index in [1.807, 2.05) is 0 Å². The summed E-state index contributed by atoms with van der Waals surface area (Å²) in [5.74, 6) is 0.531. The lowest BCUT2D eigenvalue weighted by Gasteiger charge is -2.47. The van der Waals surface area contributed by atoms with Crippen LogP contribution in [-0.2, 0) is 11.8 Å². The third-order valence-corrected chi connectivity index (χ3v) is 17.0. The lowest BCUT2D eigenvalue weighted by atomic mass is 9.70. The van der Waals surface area contributed by atoms with Gasteiger partial charge in [-0.2, -0.15) is 0 Å². The number of hydrogen-bond acceptors (Lipinski definition) is 2. The van der Waals surface area contributed by atoms with Gasteiger partial charge in [0.25, 0.3) is 0 Å². The van der Waals surface area contributed by atoms with Crippen molar-refractivity contribution in [2.45, 2.75) is 63.3 Å². The van der Waals surface area contributed by atoms with Crippen molar-refractivity contribution >= 4 is 78.0 Å². The highest BCUT2D eigenvalue weighted by atomic mass is 15.2. The molecular formula is C70H60N4. The van der Waals surface area contributed by atoms with Crippen LogP contribution in [0.3, 0.4) is 0 Å². The minimum Gasteiger partial charge on any atom is -0.331 e. The molecular weight excluding hydrogens is 897 g/mol. The molecule has 0 amide bonds. The molecule has 74 heavy (non-hydrogen) atoms. The zero-order valence-corrected chi connectivity index (χ0v) is 42.3. The SMILES string of the molecule is CC1(c2ccc(N(C3=CC=CC4C=CC=CC34)c3ccc4c(c3)c3ccccc3n4-c3ccccc3)cc2)C=CC(C)(N(c2ccc3c(c2)c2c(n3C3=CC=CCC3)C=CCC2)c2cccc3ccccc23)CC1. The summed E-state index contributed by atoms with van der Waals surface area (Å²) in [6.07, 6.45) is 38.9. The molecule has 0 bridgehead atoms. The van der Waals surface area contributed by atoms with Gasteiger partial charge in [0.05, 0.1) is 22.1 Å². The Morgan fingerprint density at radius 2 is 1.24 bits per heavy atom. The molecule has 0 spiro atoms. The van der Waals surface area contributed by atoms with Crippen LogP contribution in [0.4, 0.5) is 22.7 Å². The lowest BCUT2D eigenvalue weighted by Crippen LogP contribution is -2.46. The Morgan fingerprint density at radius 1 is 0.527 bits per heavy atom. The number of aryl methyl sites for hydroxylation is 1. The summed E-state index contributed by atoms with van der Waals surface area (Å²) in [7, 11) is 0. The van der Waals surface area contributed by atoms with Gasteiger partial charge in [-0.1, -0.05) is 159 Å². The Labute approximate surface area is 434 Å². The quantitative estimate of drug-likeness (QED) is 0.134. The summed E-state index contributed by atoms with van der Waals surface area (Å²) in [6.45, 7) is 4.90. The first-order valence-electron chi connectivity index (χ1n) is 26.8. The van der Waals surface area contributed by atoms with Gasteiger partial charge < -0.3 is 18.9 Å². The molecule has 7 aromatic carbocycles. The van der Waals surface area contributed by atoms with Crippen molar-refractivity contribution in [2.75, 3.05) is 9.80 Å². The molecule has 2 aromatic heterocycles. The largest absolute Gasteiger partial charge is 0.331 e. The van der Waals surface area contributed by atoms with Crippen LogP contribution in [0.2, 0.25) is 0 Å². The topological polar surface area (TPSA) is 16.3 Å². The smallest absolute Gasteiger partial charge is 0.0606 e. The number of para-hydroxylation sites is 2. The maximum Gasteiger partial charge on any atom is 0.0606 e. The number of allylic oxidation sites excluding steroid dienone is 13. The third kappa shape index (κ3) is 7.25. The Hall–Kier alpha value is -8.34. The van der Waals surface area contributed by atoms with E-state index in [-0.39, 0.29) is 16.9 Å². The molecule has 0 N–H and O–H groups in total. The summed E-state index contributed by atoms with van der Waals surface area (Å²) in [6, 6.07) is 59.2. The average molecular weight is 957 g/mol. The van der Waals surface area contributed by atoms with Gasteiger partial charge in [0.15, 0.2) is 0 Å². The second kappa shape index (κ2) is 17.7. The van der Waals surface area contributed by atoms with Crippen LogP contribution < -0.4 is 9.80 Å². The zero-order valence-electron chi connectivity index (χ0n) is 42.3. The summed E-state index contributed by atoms with van der Waals surface area (Å²) in [5, 5.41) is 6.40. The molecule has 0 fully saturated rings. The fourth-order valence-corrected chi connectivity index (χ4v) is 13.1. The van der Waals surface area contributed by atoms with E-state index in [0.717, 1.165) is 49.9 Å². The van der Waals surface area contributed by atoms with Crippen molar-refractivity contribution < 1.29 is 0 Å². The number of aromatic nitrogens is 2. The van der Waals surface area contributed by atoms with E-state index < -0.39 is 0 Å². The maximum absolute atomic E-state index is 2.67. The first-order chi connectivity index (χ1) is 36.4. The fourth-order valence-electron chi connectivity index (χ4n) is 13.1. The van der Waals surface area contributed by atoms with Crippen molar-refractivity contribution in [3.05, 3.63) is 259 Å². The second-order valence-electron chi connectivity index (χ2n) is 21.5. The van der Waals surface area contributed by atoms with Crippen LogP contribution in [0.15, 0.2) is 242 Å². The van der Waals surface area contributed by atoms with Gasteiger partial charge in [0.2, 0.25) is 0 Å². The fraction of sp³-hybridized carbons (Fsp3) is 0.171. The van der Waals surface area contributed by atoms with Gasteiger partial charge in [0, 0.05) is 84.3 Å². The van der Waals surface area contributed by atoms with Crippen molar-refractivity contribution in [3.63, 3.8) is 0 Å². The Balaban J connectivity index is 0.849. The first-order valence-corrected chi connectivity index (χ1v) is 26.8. The van der Waals surface area contributed by atoms with Crippen LogP contribution >= 0.6 is 0 Å². The van der Waals surface area contributed by atoms with E-state index in [0.29, 0.717) is 5.92 Å². The molecule has 4 unspecified atom stereocenters. The molecule has 4 heteroatoms. The predicted molar refractivity (Wildman–Crippen MR) is 314 cm³/mol. The van der Waals surface area contributed by atoms with E-state index in [4.69, 9.17) is 0 Å². The molecule has 0 radical (unpaired) electrons. The van der Waals surface area contributed by atoms with Gasteiger partial charge in [-0.05, 0) is 153 Å². The number of nitrogens with zero attached hydrogens (tertiary/aromatic N) is 4. The van der Waals surface area contributed by atoms with Gasteiger partial charge in [-0.15, -0.1) is 0 Å². The predicted octanol–water partition coefficient (Wildman–Crippen LogP) is 18.2. The zero-order chi connectivity index (χ0) is 49.4. The maximum atomic E-state index is 2.67. The number of fused-ring (bicyclic) bond motifs is 8. The van der Waals surface area contributed by atoms with E-state index in [1.165, 1.54) is 88.8 Å². The summed E-state index contributed by atoms with van der Waals surface area (Å²) in [5.41, 5.74) is 16.1. The van der Waals surface area contributed by atoms with E-state index in [2.05, 4.69) is 276 Å². The third-order valence-electron chi connectivity index (χ3n) is 17.0. The molecule has 0 saturated carbocycles. The Kier molecular flexibility index (Phi) is 10.6. The molecule has 5 aliphatic rings. The standard InChI is InChI=1S/C70H60N4/c1-69(43-45-70(2,46-44-69)74(68-34-18-22-50-20-10-12-28-58(50)68)56-40-42-67-62(48-56)60-30-14-16-32-65(60)73(67)53-25-7-4-8-26-53)51-35-37-54(38-36-51)71(63-33-17-21-49-19-9-11-27-57(49)63)55-39-41-66-61(47-55)59-29-13-15-31-64(59)72(66)52-23-5-3-6-24-52/h3-7,9-13,15-25,27-29,31-43,45,47-49,57H,8,14,26,30,44,46H2,1-2H3. The molecule has 5 aliphatic carbocycles. The Bertz CT molecular complexity index is 3950. The average Bonchev–Trinajstić information content (AvgIpc) is 3.97. The minimum absolute atomic E-state index is 0.158. The normalized spacial score (nSPS) is 21.8. The van der Waals surface area contributed by atoms with Crippen LogP contribution in [0, 0.1) is 11.8 Å². The molecule has 2 heterocycles. The number of hydrogen-bond donors (Lipinski definition) is 0. The lowest BCUT2D eigenvalue weighted by molar-refractivity contribution is 0.396. The highest BCUT2D eigenvalue weighted by molar-refractivity contribution is 6.10. The van der Waals surface area contributed by atoms with E-state index >= 15 is 0 Å². The van der Waals surface area contributed by atoms with Crippen molar-refractivity contribution in [1.82, 2.24) is 9.13 Å². The summed E-state index contributed by atoms with van der Waals surface area (Å²) >= 11 is 0. The number of rotatable bonds is 9. The second-order valence-corrected chi connectivity index (χ2v) is 21.5. The number of benzene rings is 7. The molecule has 4 nitrogen and oxygen atoms in total. The Morgan fingerprint density at radius 3 is 2.08 bits per heavy atom. The van der Waals surface area contributed by atoms with Crippen LogP contribution in [0.25, 0.3) is 60.9 Å². The molecule has 0 aliphatic heterocycles. The van der Waals surface area contributed by atoms with Gasteiger partial charge in [-0.25, -0.2) is 0 Å². The van der Waals surface area contributed by atoms with Crippen LogP contribution in [-0.4, -0.2) is 14.7 Å². The van der Waals surface area contributed by atoms with E-state index in [9.17, 15) is 0 Å². The van der Waals surface area contributed by atoms with Crippen LogP contribution in [0.5, 0.6) is 0 Å². The highest BCUT2D eigenvalue weighted by Gasteiger charge is 2.40. The van der Waals surface area contributed by atoms with Crippen molar-refractivity contribution in [1.29, 1.82) is 0 Å². The number of anilines is 4. The minimum atomic E-state index is -0.297. The molecule has 14 rings (SSSR count). The van der Waals surface area contributed by atoms with Gasteiger partial charge in [-0.3, -0.25) is 0 Å². The molecule has 9 aromatic rings. The molecule has 0 saturated heterocycles. The first kappa shape index (κ1) is 44.4. The highest BCUT2D eigenvalue weighted by Crippen LogP contribution is 2.49. The van der Waals surface area contributed by atoms with Crippen LogP contribution in [0.1, 0.15) is 62.8 Å². The van der Waals surface area contributed by atoms with Gasteiger partial charge in [0.1, 0.15) is 0 Å². The van der Waals surface area contributed by atoms with E-state index in [1.54, 1.807) is 0 Å². The van der Waals surface area contributed by atoms with Crippen molar-refractivity contribution in [2.24, 2.45) is 11.8 Å².